The van der Waals surface area contributed by atoms with Crippen molar-refractivity contribution in [3.8, 4) is 5.75 Å². The Morgan fingerprint density at radius 1 is 1.16 bits per heavy atom. The Hall–Kier alpha value is -2.08. The molecule has 2 aromatic rings. The Morgan fingerprint density at radius 2 is 1.92 bits per heavy atom. The van der Waals surface area contributed by atoms with Crippen molar-refractivity contribution < 1.29 is 18.3 Å². The summed E-state index contributed by atoms with van der Waals surface area (Å²) in [6.45, 7) is -0.256. The van der Waals surface area contributed by atoms with Crippen molar-refractivity contribution >= 4 is 17.7 Å². The van der Waals surface area contributed by atoms with Crippen LogP contribution in [0.4, 0.5) is 8.78 Å². The molecule has 2 rings (SSSR count). The fourth-order valence-electron chi connectivity index (χ4n) is 2.30. The van der Waals surface area contributed by atoms with E-state index in [1.54, 1.807) is 23.9 Å². The summed E-state index contributed by atoms with van der Waals surface area (Å²) in [5, 5.41) is 2.86. The maximum Gasteiger partial charge on any atom is 0.387 e. The first-order valence-corrected chi connectivity index (χ1v) is 9.12. The molecule has 0 bridgehead atoms. The number of alkyl halides is 2. The molecule has 0 radical (unpaired) electrons. The molecule has 0 heterocycles. The number of halogens is 2. The zero-order valence-electron chi connectivity index (χ0n) is 14.0. The van der Waals surface area contributed by atoms with Crippen molar-refractivity contribution in [3.63, 3.8) is 0 Å². The number of ether oxygens (including phenoxy) is 1. The fourth-order valence-corrected chi connectivity index (χ4v) is 3.10. The molecule has 0 aliphatic heterocycles. The molecule has 0 aliphatic carbocycles. The van der Waals surface area contributed by atoms with Crippen molar-refractivity contribution in [2.75, 3.05) is 12.3 Å². The normalized spacial score (nSPS) is 10.7. The molecule has 134 valence electrons. The van der Waals surface area contributed by atoms with Crippen molar-refractivity contribution in [2.45, 2.75) is 25.7 Å². The van der Waals surface area contributed by atoms with Crippen molar-refractivity contribution in [2.24, 2.45) is 0 Å². The van der Waals surface area contributed by atoms with Gasteiger partial charge in [0.1, 0.15) is 5.75 Å². The number of thioether (sulfide) groups is 1. The van der Waals surface area contributed by atoms with Gasteiger partial charge in [-0.3, -0.25) is 4.79 Å². The van der Waals surface area contributed by atoms with Crippen LogP contribution < -0.4 is 10.1 Å². The Bertz CT molecular complexity index is 677. The van der Waals surface area contributed by atoms with E-state index in [1.807, 2.05) is 19.1 Å². The minimum absolute atomic E-state index is 0.00435. The Morgan fingerprint density at radius 3 is 2.60 bits per heavy atom. The summed E-state index contributed by atoms with van der Waals surface area (Å²) in [5.41, 5.74) is 3.38. The second-order valence-electron chi connectivity index (χ2n) is 5.60. The summed E-state index contributed by atoms with van der Waals surface area (Å²) < 4.78 is 28.4. The van der Waals surface area contributed by atoms with Crippen LogP contribution in [0.25, 0.3) is 0 Å². The highest BCUT2D eigenvalue weighted by molar-refractivity contribution is 7.99. The SMILES string of the molecule is Cc1cccc(CSCC(=O)NCCc2ccc(OC(F)F)cc2)c1. The summed E-state index contributed by atoms with van der Waals surface area (Å²) in [6.07, 6.45) is 0.642. The van der Waals surface area contributed by atoms with E-state index in [2.05, 4.69) is 22.2 Å². The first kappa shape index (κ1) is 19.2. The number of hydrogen-bond acceptors (Lipinski definition) is 3. The molecule has 25 heavy (non-hydrogen) atoms. The van der Waals surface area contributed by atoms with E-state index in [4.69, 9.17) is 0 Å². The first-order valence-electron chi connectivity index (χ1n) is 7.96. The van der Waals surface area contributed by atoms with E-state index >= 15 is 0 Å². The van der Waals surface area contributed by atoms with Gasteiger partial charge in [0.2, 0.25) is 5.91 Å². The minimum atomic E-state index is -2.82. The van der Waals surface area contributed by atoms with Crippen molar-refractivity contribution in [1.29, 1.82) is 0 Å². The third-order valence-corrected chi connectivity index (χ3v) is 4.47. The largest absolute Gasteiger partial charge is 0.435 e. The lowest BCUT2D eigenvalue weighted by Crippen LogP contribution is -2.27. The number of hydrogen-bond donors (Lipinski definition) is 1. The number of carbonyl (C=O) groups is 1. The molecular weight excluding hydrogens is 344 g/mol. The molecule has 6 heteroatoms. The van der Waals surface area contributed by atoms with E-state index in [0.29, 0.717) is 18.7 Å². The van der Waals surface area contributed by atoms with Crippen molar-refractivity contribution in [1.82, 2.24) is 5.32 Å². The Balaban J connectivity index is 1.63. The van der Waals surface area contributed by atoms with E-state index in [0.717, 1.165) is 11.3 Å². The highest BCUT2D eigenvalue weighted by Crippen LogP contribution is 2.15. The third kappa shape index (κ3) is 7.56. The first-order chi connectivity index (χ1) is 12.0. The predicted octanol–water partition coefficient (Wildman–Crippen LogP) is 4.19. The maximum absolute atomic E-state index is 12.1. The molecule has 1 N–H and O–H groups in total. The highest BCUT2D eigenvalue weighted by Gasteiger charge is 2.05. The molecule has 0 atom stereocenters. The molecule has 2 aromatic carbocycles. The number of rotatable bonds is 9. The fraction of sp³-hybridized carbons (Fsp3) is 0.316. The molecule has 0 spiro atoms. The van der Waals surface area contributed by atoms with Gasteiger partial charge in [-0.2, -0.15) is 8.78 Å². The van der Waals surface area contributed by atoms with Crippen molar-refractivity contribution in [3.05, 3.63) is 65.2 Å². The maximum atomic E-state index is 12.1. The van der Waals surface area contributed by atoms with Gasteiger partial charge in [0, 0.05) is 12.3 Å². The molecular formula is C19H21F2NO2S. The lowest BCUT2D eigenvalue weighted by molar-refractivity contribution is -0.118. The summed E-state index contributed by atoms with van der Waals surface area (Å²) in [6, 6.07) is 14.7. The molecule has 0 fully saturated rings. The topological polar surface area (TPSA) is 38.3 Å². The number of amides is 1. The number of aryl methyl sites for hydroxylation is 1. The second-order valence-corrected chi connectivity index (χ2v) is 6.59. The summed E-state index contributed by atoms with van der Waals surface area (Å²) in [4.78, 5) is 11.8. The molecule has 0 aromatic heterocycles. The van der Waals surface area contributed by atoms with Crippen LogP contribution in [0, 0.1) is 6.92 Å². The highest BCUT2D eigenvalue weighted by atomic mass is 32.2. The summed E-state index contributed by atoms with van der Waals surface area (Å²) >= 11 is 1.58. The summed E-state index contributed by atoms with van der Waals surface area (Å²) in [7, 11) is 0. The zero-order chi connectivity index (χ0) is 18.1. The van der Waals surface area contributed by atoms with E-state index in [1.165, 1.54) is 23.3 Å². The zero-order valence-corrected chi connectivity index (χ0v) is 14.8. The van der Waals surface area contributed by atoms with Crippen LogP contribution in [-0.4, -0.2) is 24.8 Å². The van der Waals surface area contributed by atoms with Crippen LogP contribution in [0.2, 0.25) is 0 Å². The number of benzene rings is 2. The molecule has 0 saturated carbocycles. The van der Waals surface area contributed by atoms with Gasteiger partial charge in [-0.05, 0) is 36.6 Å². The molecule has 3 nitrogen and oxygen atoms in total. The molecule has 0 unspecified atom stereocenters. The van der Waals surface area contributed by atoms with Crippen LogP contribution in [0.3, 0.4) is 0 Å². The van der Waals surface area contributed by atoms with Gasteiger partial charge in [0.05, 0.1) is 5.75 Å². The van der Waals surface area contributed by atoms with Gasteiger partial charge < -0.3 is 10.1 Å². The van der Waals surface area contributed by atoms with Gasteiger partial charge in [0.15, 0.2) is 0 Å². The average molecular weight is 365 g/mol. The van der Waals surface area contributed by atoms with Crippen LogP contribution in [-0.2, 0) is 17.0 Å². The Kier molecular flexibility index (Phi) is 7.73. The van der Waals surface area contributed by atoms with Gasteiger partial charge in [0.25, 0.3) is 0 Å². The predicted molar refractivity (Wildman–Crippen MR) is 97.1 cm³/mol. The average Bonchev–Trinajstić information content (AvgIpc) is 2.56. The minimum Gasteiger partial charge on any atom is -0.435 e. The molecule has 0 aliphatic rings. The number of carbonyl (C=O) groups excluding carboxylic acids is 1. The second kappa shape index (κ2) is 10.0. The monoisotopic (exact) mass is 365 g/mol. The van der Waals surface area contributed by atoms with Gasteiger partial charge in [-0.1, -0.05) is 42.0 Å². The lowest BCUT2D eigenvalue weighted by atomic mass is 10.1. The van der Waals surface area contributed by atoms with E-state index in [9.17, 15) is 13.6 Å². The standard InChI is InChI=1S/C19H21F2NO2S/c1-14-3-2-4-16(11-14)12-25-13-18(23)22-10-9-15-5-7-17(8-6-15)24-19(20)21/h2-8,11,19H,9-10,12-13H2,1H3,(H,22,23). The van der Waals surface area contributed by atoms with Crippen LogP contribution in [0.1, 0.15) is 16.7 Å². The van der Waals surface area contributed by atoms with Crippen LogP contribution >= 0.6 is 11.8 Å². The van der Waals surface area contributed by atoms with E-state index < -0.39 is 6.61 Å². The third-order valence-electron chi connectivity index (χ3n) is 3.47. The van der Waals surface area contributed by atoms with E-state index in [-0.39, 0.29) is 11.7 Å². The van der Waals surface area contributed by atoms with Crippen LogP contribution in [0.15, 0.2) is 48.5 Å². The Labute approximate surface area is 150 Å². The molecule has 0 saturated heterocycles. The van der Waals surface area contributed by atoms with Gasteiger partial charge in [-0.15, -0.1) is 11.8 Å². The molecule has 1 amide bonds. The quantitative estimate of drug-likeness (QED) is 0.724. The van der Waals surface area contributed by atoms with Gasteiger partial charge in [-0.25, -0.2) is 0 Å². The van der Waals surface area contributed by atoms with Gasteiger partial charge >= 0.3 is 6.61 Å². The summed E-state index contributed by atoms with van der Waals surface area (Å²) in [5.74, 6) is 1.35. The number of nitrogens with one attached hydrogen (secondary N) is 1. The van der Waals surface area contributed by atoms with Crippen LogP contribution in [0.5, 0.6) is 5.75 Å². The smallest absolute Gasteiger partial charge is 0.387 e. The lowest BCUT2D eigenvalue weighted by Gasteiger charge is -2.07.